The van der Waals surface area contributed by atoms with E-state index in [4.69, 9.17) is 0 Å². The summed E-state index contributed by atoms with van der Waals surface area (Å²) in [6.45, 7) is 0. The molecule has 1 amide bonds. The molecule has 2 rings (SSSR count). The van der Waals surface area contributed by atoms with Gasteiger partial charge in [0.15, 0.2) is 0 Å². The van der Waals surface area contributed by atoms with Crippen LogP contribution in [0.3, 0.4) is 0 Å². The molecule has 18 heavy (non-hydrogen) atoms. The number of nitrogens with one attached hydrogen (secondary N) is 1. The van der Waals surface area contributed by atoms with Crippen molar-refractivity contribution in [1.82, 2.24) is 5.32 Å². The first-order chi connectivity index (χ1) is 8.65. The van der Waals surface area contributed by atoms with Crippen molar-refractivity contribution in [1.29, 1.82) is 0 Å². The fourth-order valence-electron chi connectivity index (χ4n) is 2.15. The Balaban J connectivity index is 1.88. The maximum Gasteiger partial charge on any atom is 0.233 e. The molecule has 0 aliphatic heterocycles. The quantitative estimate of drug-likeness (QED) is 0.908. The molecule has 3 nitrogen and oxygen atoms in total. The predicted molar refractivity (Wildman–Crippen MR) is 68.1 cm³/mol. The fraction of sp³-hybridized carbons (Fsp3) is 0.462. The number of hydrogen-bond acceptors (Lipinski definition) is 2. The standard InChI is InChI=1S/C13H16FNO2S/c14-10-4-3-7-12(8-10)18(17)9-13(16)15-11-5-1-2-6-11/h3-4,7-8,11H,1-2,5-6,9H2,(H,15,16). The van der Waals surface area contributed by atoms with Crippen LogP contribution in [0, 0.1) is 5.82 Å². The lowest BCUT2D eigenvalue weighted by Crippen LogP contribution is -2.35. The van der Waals surface area contributed by atoms with Crippen LogP contribution >= 0.6 is 0 Å². The number of halogens is 1. The maximum atomic E-state index is 13.0. The Morgan fingerprint density at radius 2 is 2.11 bits per heavy atom. The molecular formula is C13H16FNO2S. The monoisotopic (exact) mass is 269 g/mol. The number of carbonyl (C=O) groups excluding carboxylic acids is 1. The molecule has 1 aromatic carbocycles. The van der Waals surface area contributed by atoms with Gasteiger partial charge in [0.05, 0.1) is 10.8 Å². The van der Waals surface area contributed by atoms with Gasteiger partial charge < -0.3 is 5.32 Å². The van der Waals surface area contributed by atoms with Crippen molar-refractivity contribution in [3.63, 3.8) is 0 Å². The van der Waals surface area contributed by atoms with Crippen LogP contribution in [0.2, 0.25) is 0 Å². The summed E-state index contributed by atoms with van der Waals surface area (Å²) in [7, 11) is -1.48. The summed E-state index contributed by atoms with van der Waals surface area (Å²) in [6.07, 6.45) is 4.27. The van der Waals surface area contributed by atoms with Gasteiger partial charge in [0.1, 0.15) is 11.6 Å². The summed E-state index contributed by atoms with van der Waals surface area (Å²) in [6, 6.07) is 5.79. The number of benzene rings is 1. The van der Waals surface area contributed by atoms with E-state index in [0.29, 0.717) is 4.90 Å². The van der Waals surface area contributed by atoms with Gasteiger partial charge in [-0.25, -0.2) is 4.39 Å². The van der Waals surface area contributed by atoms with Gasteiger partial charge in [-0.2, -0.15) is 0 Å². The van der Waals surface area contributed by atoms with E-state index in [1.165, 1.54) is 18.2 Å². The van der Waals surface area contributed by atoms with E-state index in [2.05, 4.69) is 5.32 Å². The molecule has 5 heteroatoms. The van der Waals surface area contributed by atoms with E-state index in [9.17, 15) is 13.4 Å². The van der Waals surface area contributed by atoms with E-state index < -0.39 is 16.6 Å². The third-order valence-electron chi connectivity index (χ3n) is 3.04. The normalized spacial score (nSPS) is 17.6. The van der Waals surface area contributed by atoms with Crippen molar-refractivity contribution < 1.29 is 13.4 Å². The van der Waals surface area contributed by atoms with Gasteiger partial charge in [0.2, 0.25) is 5.91 Å². The number of amides is 1. The van der Waals surface area contributed by atoms with Crippen LogP contribution in [-0.2, 0) is 15.6 Å². The summed E-state index contributed by atoms with van der Waals surface area (Å²) in [5.74, 6) is -0.749. The average Bonchev–Trinajstić information content (AvgIpc) is 2.81. The zero-order valence-corrected chi connectivity index (χ0v) is 10.8. The minimum atomic E-state index is -1.48. The molecule has 0 bridgehead atoms. The highest BCUT2D eigenvalue weighted by atomic mass is 32.2. The second-order valence-electron chi connectivity index (χ2n) is 4.50. The Morgan fingerprint density at radius 1 is 1.39 bits per heavy atom. The molecule has 98 valence electrons. The molecule has 0 aromatic heterocycles. The SMILES string of the molecule is O=C(CS(=O)c1cccc(F)c1)NC1CCCC1. The Labute approximate surface area is 108 Å². The topological polar surface area (TPSA) is 46.2 Å². The summed E-state index contributed by atoms with van der Waals surface area (Å²) < 4.78 is 24.8. The van der Waals surface area contributed by atoms with Crippen molar-refractivity contribution in [2.75, 3.05) is 5.75 Å². The molecule has 1 unspecified atom stereocenters. The van der Waals surface area contributed by atoms with Crippen molar-refractivity contribution >= 4 is 16.7 Å². The highest BCUT2D eigenvalue weighted by Crippen LogP contribution is 2.17. The molecule has 0 heterocycles. The van der Waals surface area contributed by atoms with Crippen LogP contribution in [0.25, 0.3) is 0 Å². The van der Waals surface area contributed by atoms with Gasteiger partial charge in [-0.1, -0.05) is 18.9 Å². The molecule has 0 radical (unpaired) electrons. The second-order valence-corrected chi connectivity index (χ2v) is 5.95. The van der Waals surface area contributed by atoms with Crippen LogP contribution in [0.4, 0.5) is 4.39 Å². The Hall–Kier alpha value is -1.23. The smallest absolute Gasteiger partial charge is 0.233 e. The van der Waals surface area contributed by atoms with Gasteiger partial charge in [-0.3, -0.25) is 9.00 Å². The molecule has 0 saturated heterocycles. The van der Waals surface area contributed by atoms with Crippen LogP contribution < -0.4 is 5.32 Å². The van der Waals surface area contributed by atoms with Crippen LogP contribution in [0.1, 0.15) is 25.7 Å². The van der Waals surface area contributed by atoms with Crippen molar-refractivity contribution in [2.24, 2.45) is 0 Å². The summed E-state index contributed by atoms with van der Waals surface area (Å²) >= 11 is 0. The van der Waals surface area contributed by atoms with E-state index in [0.717, 1.165) is 25.7 Å². The van der Waals surface area contributed by atoms with Gasteiger partial charge in [0.25, 0.3) is 0 Å². The van der Waals surface area contributed by atoms with Gasteiger partial charge >= 0.3 is 0 Å². The largest absolute Gasteiger partial charge is 0.353 e. The van der Waals surface area contributed by atoms with Crippen LogP contribution in [0.15, 0.2) is 29.2 Å². The lowest BCUT2D eigenvalue weighted by atomic mass is 10.2. The van der Waals surface area contributed by atoms with Crippen molar-refractivity contribution in [3.8, 4) is 0 Å². The molecular weight excluding hydrogens is 253 g/mol. The first-order valence-electron chi connectivity index (χ1n) is 6.08. The Morgan fingerprint density at radius 3 is 2.78 bits per heavy atom. The summed E-state index contributed by atoms with van der Waals surface area (Å²) in [4.78, 5) is 12.0. The third kappa shape index (κ3) is 3.63. The predicted octanol–water partition coefficient (Wildman–Crippen LogP) is 1.99. The van der Waals surface area contributed by atoms with Gasteiger partial charge in [-0.15, -0.1) is 0 Å². The van der Waals surface area contributed by atoms with E-state index >= 15 is 0 Å². The van der Waals surface area contributed by atoms with E-state index in [1.54, 1.807) is 6.07 Å². The third-order valence-corrected chi connectivity index (χ3v) is 4.35. The lowest BCUT2D eigenvalue weighted by molar-refractivity contribution is -0.119. The number of rotatable bonds is 4. The number of carbonyl (C=O) groups is 1. The maximum absolute atomic E-state index is 13.0. The molecule has 1 aliphatic carbocycles. The molecule has 1 saturated carbocycles. The molecule has 1 aliphatic rings. The second kappa shape index (κ2) is 6.09. The Bertz CT molecular complexity index is 458. The van der Waals surface area contributed by atoms with Gasteiger partial charge in [-0.05, 0) is 31.0 Å². The molecule has 1 fully saturated rings. The fourth-order valence-corrected chi connectivity index (χ4v) is 3.11. The molecule has 1 atom stereocenters. The van der Waals surface area contributed by atoms with Crippen molar-refractivity contribution in [2.45, 2.75) is 36.6 Å². The zero-order valence-electron chi connectivity index (χ0n) is 10.0. The summed E-state index contributed by atoms with van der Waals surface area (Å²) in [5.41, 5.74) is 0. The summed E-state index contributed by atoms with van der Waals surface area (Å²) in [5, 5.41) is 2.87. The Kier molecular flexibility index (Phi) is 4.47. The molecule has 0 spiro atoms. The van der Waals surface area contributed by atoms with E-state index in [-0.39, 0.29) is 17.7 Å². The van der Waals surface area contributed by atoms with E-state index in [1.807, 2.05) is 0 Å². The molecule has 1 aromatic rings. The zero-order chi connectivity index (χ0) is 13.0. The minimum Gasteiger partial charge on any atom is -0.353 e. The first kappa shape index (κ1) is 13.2. The first-order valence-corrected chi connectivity index (χ1v) is 7.40. The van der Waals surface area contributed by atoms with Gasteiger partial charge in [0, 0.05) is 10.9 Å². The van der Waals surface area contributed by atoms with Crippen molar-refractivity contribution in [3.05, 3.63) is 30.1 Å². The molecule has 1 N–H and O–H groups in total. The number of hydrogen-bond donors (Lipinski definition) is 1. The van der Waals surface area contributed by atoms with Crippen LogP contribution in [-0.4, -0.2) is 21.9 Å². The highest BCUT2D eigenvalue weighted by molar-refractivity contribution is 7.85. The highest BCUT2D eigenvalue weighted by Gasteiger charge is 2.18. The van der Waals surface area contributed by atoms with Crippen LogP contribution in [0.5, 0.6) is 0 Å². The lowest BCUT2D eigenvalue weighted by Gasteiger charge is -2.11. The minimum absolute atomic E-state index is 0.0973. The average molecular weight is 269 g/mol.